The molecular weight excluding hydrogens is 506 g/mol. The number of nitrogens with zero attached hydrogens (tertiary/aromatic N) is 2. The van der Waals surface area contributed by atoms with Gasteiger partial charge in [0.2, 0.25) is 5.91 Å². The van der Waals surface area contributed by atoms with Crippen molar-refractivity contribution in [2.24, 2.45) is 0 Å². The van der Waals surface area contributed by atoms with Crippen LogP contribution in [-0.4, -0.2) is 16.8 Å². The predicted molar refractivity (Wildman–Crippen MR) is 165 cm³/mol. The Morgan fingerprint density at radius 3 is 1.88 bits per heavy atom. The molecule has 1 unspecified atom stereocenters. The number of pyridine rings is 1. The number of amides is 2. The van der Waals surface area contributed by atoms with Gasteiger partial charge >= 0.3 is 0 Å². The molecule has 0 fully saturated rings. The number of benzene rings is 4. The van der Waals surface area contributed by atoms with E-state index in [1.807, 2.05) is 128 Å². The second kappa shape index (κ2) is 12.7. The molecular formula is C36H31N3O2. The van der Waals surface area contributed by atoms with Gasteiger partial charge in [-0.2, -0.15) is 0 Å². The van der Waals surface area contributed by atoms with Crippen molar-refractivity contribution in [3.63, 3.8) is 0 Å². The molecule has 41 heavy (non-hydrogen) atoms. The van der Waals surface area contributed by atoms with Crippen LogP contribution in [0.25, 0.3) is 16.7 Å². The minimum absolute atomic E-state index is 0.280. The van der Waals surface area contributed by atoms with Gasteiger partial charge in [-0.3, -0.25) is 19.5 Å². The lowest BCUT2D eigenvalue weighted by molar-refractivity contribution is -0.125. The second-order valence-corrected chi connectivity index (χ2v) is 9.76. The molecule has 1 heterocycles. The summed E-state index contributed by atoms with van der Waals surface area (Å²) in [5.74, 6) is -0.698. The van der Waals surface area contributed by atoms with E-state index in [2.05, 4.69) is 16.9 Å². The smallest absolute Gasteiger partial charge is 0.259 e. The molecule has 1 N–H and O–H groups in total. The summed E-state index contributed by atoms with van der Waals surface area (Å²) in [5, 5.41) is 3.13. The van der Waals surface area contributed by atoms with Crippen LogP contribution < -0.4 is 10.2 Å². The molecule has 0 saturated carbocycles. The van der Waals surface area contributed by atoms with Crippen molar-refractivity contribution in [1.29, 1.82) is 0 Å². The van der Waals surface area contributed by atoms with E-state index in [0.717, 1.165) is 16.7 Å². The zero-order chi connectivity index (χ0) is 28.6. The normalized spacial score (nSPS) is 12.1. The van der Waals surface area contributed by atoms with Gasteiger partial charge in [-0.1, -0.05) is 116 Å². The highest BCUT2D eigenvalue weighted by Crippen LogP contribution is 2.33. The SMILES string of the molecule is C=C(C(=O)N(c1ccc(-c2ccccc2)cc1)C(C(=O)N[C@@H](C)c1ccccc1)c1cccnc1)c1ccccc1. The zero-order valence-corrected chi connectivity index (χ0v) is 22.9. The van der Waals surface area contributed by atoms with Crippen LogP contribution in [0.5, 0.6) is 0 Å². The van der Waals surface area contributed by atoms with Crippen molar-refractivity contribution in [1.82, 2.24) is 10.3 Å². The standard InChI is InChI=1S/C36H31N3O2/c1-26(28-13-6-3-7-14-28)36(41)39(33-22-20-31(21-23-33)30-17-10-5-11-18-30)34(32-19-12-24-37-25-32)35(40)38-27(2)29-15-8-4-9-16-29/h3-25,27,34H,1H2,2H3,(H,38,40)/t27-,34?/m0/s1. The molecule has 2 amide bonds. The van der Waals surface area contributed by atoms with Crippen LogP contribution >= 0.6 is 0 Å². The lowest BCUT2D eigenvalue weighted by Crippen LogP contribution is -2.45. The first-order chi connectivity index (χ1) is 20.0. The summed E-state index contributed by atoms with van der Waals surface area (Å²) in [6, 6.07) is 39.0. The minimum Gasteiger partial charge on any atom is -0.347 e. The summed E-state index contributed by atoms with van der Waals surface area (Å²) in [4.78, 5) is 34.2. The van der Waals surface area contributed by atoms with E-state index in [1.165, 1.54) is 4.90 Å². The number of hydrogen-bond donors (Lipinski definition) is 1. The Morgan fingerprint density at radius 2 is 1.27 bits per heavy atom. The van der Waals surface area contributed by atoms with Crippen LogP contribution in [0.3, 0.4) is 0 Å². The second-order valence-electron chi connectivity index (χ2n) is 9.76. The Balaban J connectivity index is 1.58. The molecule has 0 aliphatic rings. The van der Waals surface area contributed by atoms with Gasteiger partial charge in [0, 0.05) is 29.2 Å². The van der Waals surface area contributed by atoms with Crippen LogP contribution in [0.4, 0.5) is 5.69 Å². The highest BCUT2D eigenvalue weighted by Gasteiger charge is 2.35. The molecule has 0 aliphatic carbocycles. The Bertz CT molecular complexity index is 1600. The summed E-state index contributed by atoms with van der Waals surface area (Å²) >= 11 is 0. The quantitative estimate of drug-likeness (QED) is 0.199. The zero-order valence-electron chi connectivity index (χ0n) is 22.9. The van der Waals surface area contributed by atoms with Gasteiger partial charge < -0.3 is 5.32 Å². The lowest BCUT2D eigenvalue weighted by atomic mass is 9.99. The van der Waals surface area contributed by atoms with Crippen LogP contribution in [0.2, 0.25) is 0 Å². The summed E-state index contributed by atoms with van der Waals surface area (Å²) in [5.41, 5.74) is 5.16. The van der Waals surface area contributed by atoms with Crippen molar-refractivity contribution in [2.45, 2.75) is 19.0 Å². The molecule has 5 nitrogen and oxygen atoms in total. The van der Waals surface area contributed by atoms with Gasteiger partial charge in [0.05, 0.1) is 6.04 Å². The summed E-state index contributed by atoms with van der Waals surface area (Å²) in [6.07, 6.45) is 3.27. The number of rotatable bonds is 9. The fourth-order valence-corrected chi connectivity index (χ4v) is 4.81. The molecule has 0 radical (unpaired) electrons. The summed E-state index contributed by atoms with van der Waals surface area (Å²) in [6.45, 7) is 6.07. The van der Waals surface area contributed by atoms with Crippen molar-refractivity contribution < 1.29 is 9.59 Å². The highest BCUT2D eigenvalue weighted by atomic mass is 16.2. The van der Waals surface area contributed by atoms with E-state index in [1.54, 1.807) is 18.5 Å². The molecule has 5 heteroatoms. The number of nitrogens with one attached hydrogen (secondary N) is 1. The fourth-order valence-electron chi connectivity index (χ4n) is 4.81. The van der Waals surface area contributed by atoms with Crippen molar-refractivity contribution in [3.05, 3.63) is 163 Å². The maximum atomic E-state index is 14.3. The Kier molecular flexibility index (Phi) is 8.46. The number of anilines is 1. The molecule has 0 spiro atoms. The maximum absolute atomic E-state index is 14.3. The third-order valence-electron chi connectivity index (χ3n) is 7.02. The fraction of sp³-hybridized carbons (Fsp3) is 0.0833. The van der Waals surface area contributed by atoms with Crippen LogP contribution in [0.1, 0.15) is 35.7 Å². The third kappa shape index (κ3) is 6.31. The van der Waals surface area contributed by atoms with E-state index in [4.69, 9.17) is 0 Å². The number of carbonyl (C=O) groups excluding carboxylic acids is 2. The molecule has 5 rings (SSSR count). The van der Waals surface area contributed by atoms with E-state index in [9.17, 15) is 9.59 Å². The minimum atomic E-state index is -0.995. The van der Waals surface area contributed by atoms with Crippen LogP contribution in [0.15, 0.2) is 146 Å². The van der Waals surface area contributed by atoms with Crippen LogP contribution in [0, 0.1) is 0 Å². The number of hydrogen-bond acceptors (Lipinski definition) is 3. The first-order valence-electron chi connectivity index (χ1n) is 13.5. The maximum Gasteiger partial charge on any atom is 0.259 e. The third-order valence-corrected chi connectivity index (χ3v) is 7.02. The summed E-state index contributed by atoms with van der Waals surface area (Å²) in [7, 11) is 0. The molecule has 202 valence electrons. The molecule has 0 saturated heterocycles. The average Bonchev–Trinajstić information content (AvgIpc) is 3.04. The average molecular weight is 538 g/mol. The molecule has 1 aromatic heterocycles. The van der Waals surface area contributed by atoms with Gasteiger partial charge in [-0.05, 0) is 47.4 Å². The van der Waals surface area contributed by atoms with Gasteiger partial charge in [0.1, 0.15) is 6.04 Å². The molecule has 0 bridgehead atoms. The first kappa shape index (κ1) is 27.3. The monoisotopic (exact) mass is 537 g/mol. The lowest BCUT2D eigenvalue weighted by Gasteiger charge is -2.33. The van der Waals surface area contributed by atoms with Crippen molar-refractivity contribution >= 4 is 23.1 Å². The van der Waals surface area contributed by atoms with Gasteiger partial charge in [-0.25, -0.2) is 0 Å². The van der Waals surface area contributed by atoms with E-state index >= 15 is 0 Å². The highest BCUT2D eigenvalue weighted by molar-refractivity contribution is 6.27. The van der Waals surface area contributed by atoms with Crippen molar-refractivity contribution in [3.8, 4) is 11.1 Å². The summed E-state index contributed by atoms with van der Waals surface area (Å²) < 4.78 is 0. The van der Waals surface area contributed by atoms with E-state index < -0.39 is 6.04 Å². The largest absolute Gasteiger partial charge is 0.347 e. The molecule has 2 atom stereocenters. The van der Waals surface area contributed by atoms with Gasteiger partial charge in [0.25, 0.3) is 5.91 Å². The molecule has 0 aliphatic heterocycles. The molecule has 4 aromatic carbocycles. The van der Waals surface area contributed by atoms with Crippen molar-refractivity contribution in [2.75, 3.05) is 4.90 Å². The Hall–Kier alpha value is -5.29. The molecule has 5 aromatic rings. The van der Waals surface area contributed by atoms with Gasteiger partial charge in [-0.15, -0.1) is 0 Å². The predicted octanol–water partition coefficient (Wildman–Crippen LogP) is 7.41. The number of aromatic nitrogens is 1. The van der Waals surface area contributed by atoms with E-state index in [0.29, 0.717) is 16.8 Å². The Labute approximate surface area is 240 Å². The number of carbonyl (C=O) groups is 2. The van der Waals surface area contributed by atoms with E-state index in [-0.39, 0.29) is 23.4 Å². The first-order valence-corrected chi connectivity index (χ1v) is 13.5. The Morgan fingerprint density at radius 1 is 0.707 bits per heavy atom. The topological polar surface area (TPSA) is 62.3 Å². The van der Waals surface area contributed by atoms with Gasteiger partial charge in [0.15, 0.2) is 0 Å². The van der Waals surface area contributed by atoms with Crippen LogP contribution in [-0.2, 0) is 9.59 Å².